The monoisotopic (exact) mass is 284 g/mol. The number of rotatable bonds is 3. The highest BCUT2D eigenvalue weighted by Crippen LogP contribution is 2.23. The highest BCUT2D eigenvalue weighted by Gasteiger charge is 2.22. The van der Waals surface area contributed by atoms with E-state index in [2.05, 4.69) is 61.9 Å². The Kier molecular flexibility index (Phi) is 3.75. The topological polar surface area (TPSA) is 12.9 Å². The van der Waals surface area contributed by atoms with Gasteiger partial charge in [-0.1, -0.05) is 63.3 Å². The molecule has 0 fully saturated rings. The average molecular weight is 284 g/mol. The second-order valence-electron chi connectivity index (χ2n) is 6.73. The van der Waals surface area contributed by atoms with Crippen LogP contribution in [0, 0.1) is 6.92 Å². The van der Waals surface area contributed by atoms with Crippen molar-refractivity contribution in [1.82, 2.24) is 4.98 Å². The molecular formula is C18H25NSi. The zero-order valence-electron chi connectivity index (χ0n) is 14.4. The summed E-state index contributed by atoms with van der Waals surface area (Å²) >= 11 is 0. The summed E-state index contributed by atoms with van der Waals surface area (Å²) in [7, 11) is -1.50. The molecule has 0 unspecified atom stereocenters. The van der Waals surface area contributed by atoms with Crippen LogP contribution in [0.2, 0.25) is 19.6 Å². The van der Waals surface area contributed by atoms with E-state index in [9.17, 15) is 0 Å². The molecular weight excluding hydrogens is 258 g/mol. The molecule has 1 nitrogen and oxygen atoms in total. The van der Waals surface area contributed by atoms with Gasteiger partial charge in [0, 0.05) is 13.1 Å². The number of hydrogen-bond acceptors (Lipinski definition) is 1. The molecule has 0 saturated heterocycles. The first-order valence-corrected chi connectivity index (χ1v) is 10.7. The van der Waals surface area contributed by atoms with Crippen molar-refractivity contribution >= 4 is 13.3 Å². The van der Waals surface area contributed by atoms with Gasteiger partial charge in [0.25, 0.3) is 0 Å². The Labute approximate surface area is 125 Å². The molecule has 2 rings (SSSR count). The van der Waals surface area contributed by atoms with Crippen LogP contribution in [0.15, 0.2) is 36.5 Å². The minimum absolute atomic E-state index is 0.599. The molecule has 2 aromatic rings. The molecule has 0 radical (unpaired) electrons. The average Bonchev–Trinajstić information content (AvgIpc) is 2.37. The van der Waals surface area contributed by atoms with E-state index in [0.29, 0.717) is 0 Å². The van der Waals surface area contributed by atoms with E-state index in [4.69, 9.17) is 1.37 Å². The maximum Gasteiger partial charge on any atom is 0.0799 e. The second-order valence-corrected chi connectivity index (χ2v) is 11.8. The maximum absolute atomic E-state index is 8.48. The van der Waals surface area contributed by atoms with Crippen LogP contribution in [0.1, 0.15) is 32.2 Å². The molecule has 1 aromatic carbocycles. The largest absolute Gasteiger partial charge is 0.256 e. The summed E-state index contributed by atoms with van der Waals surface area (Å²) in [6.45, 7) is 12.9. The Balaban J connectivity index is 2.60. The van der Waals surface area contributed by atoms with Gasteiger partial charge in [-0.2, -0.15) is 0 Å². The standard InChI is InChI=1S/C18H25NSi/c1-13(2)16-11-17(15-9-7-14(3)8-10-15)19-12-18(16)20(4,5)6/h7-13H,1-6H3/i13D. The molecule has 0 aliphatic heterocycles. The molecule has 2 heteroatoms. The molecule has 0 atom stereocenters. The Bertz CT molecular complexity index is 634. The minimum Gasteiger partial charge on any atom is -0.256 e. The lowest BCUT2D eigenvalue weighted by Crippen LogP contribution is -2.40. The molecule has 0 N–H and O–H groups in total. The van der Waals surface area contributed by atoms with Crippen molar-refractivity contribution in [2.45, 2.75) is 46.3 Å². The fourth-order valence-corrected chi connectivity index (χ4v) is 3.93. The number of aryl methyl sites for hydroxylation is 1. The fraction of sp³-hybridized carbons (Fsp3) is 0.389. The summed E-state index contributed by atoms with van der Waals surface area (Å²) in [5.41, 5.74) is 4.45. The summed E-state index contributed by atoms with van der Waals surface area (Å²) in [5, 5.41) is 1.29. The molecule has 20 heavy (non-hydrogen) atoms. The summed E-state index contributed by atoms with van der Waals surface area (Å²) in [5.74, 6) is -0.599. The zero-order valence-corrected chi connectivity index (χ0v) is 14.4. The van der Waals surface area contributed by atoms with Gasteiger partial charge in [0.05, 0.1) is 13.8 Å². The van der Waals surface area contributed by atoms with Crippen molar-refractivity contribution in [3.05, 3.63) is 47.7 Å². The first-order valence-electron chi connectivity index (χ1n) is 7.67. The smallest absolute Gasteiger partial charge is 0.0799 e. The molecule has 0 aliphatic carbocycles. The predicted molar refractivity (Wildman–Crippen MR) is 91.5 cm³/mol. The predicted octanol–water partition coefficient (Wildman–Crippen LogP) is 4.73. The van der Waals surface area contributed by atoms with E-state index in [0.717, 1.165) is 16.8 Å². The molecule has 1 aromatic heterocycles. The van der Waals surface area contributed by atoms with Crippen LogP contribution in [0.5, 0.6) is 0 Å². The van der Waals surface area contributed by atoms with E-state index in [-0.39, 0.29) is 0 Å². The van der Waals surface area contributed by atoms with Gasteiger partial charge in [-0.05, 0) is 29.6 Å². The molecule has 0 bridgehead atoms. The lowest BCUT2D eigenvalue weighted by atomic mass is 10.0. The molecule has 0 spiro atoms. The number of aromatic nitrogens is 1. The van der Waals surface area contributed by atoms with Gasteiger partial charge in [0.15, 0.2) is 0 Å². The first-order chi connectivity index (χ1) is 9.59. The maximum atomic E-state index is 8.48. The molecule has 0 saturated carbocycles. The summed E-state index contributed by atoms with van der Waals surface area (Å²) in [6, 6.07) is 10.5. The number of nitrogens with zero attached hydrogens (tertiary/aromatic N) is 1. The van der Waals surface area contributed by atoms with Crippen LogP contribution in [0.25, 0.3) is 11.3 Å². The van der Waals surface area contributed by atoms with Crippen molar-refractivity contribution in [3.8, 4) is 11.3 Å². The minimum atomic E-state index is -1.50. The van der Waals surface area contributed by atoms with Gasteiger partial charge in [-0.3, -0.25) is 4.98 Å². The highest BCUT2D eigenvalue weighted by molar-refractivity contribution is 6.89. The lowest BCUT2D eigenvalue weighted by molar-refractivity contribution is 0.870. The van der Waals surface area contributed by atoms with Gasteiger partial charge >= 0.3 is 0 Å². The van der Waals surface area contributed by atoms with Crippen LogP contribution in [0.3, 0.4) is 0 Å². The van der Waals surface area contributed by atoms with Crippen molar-refractivity contribution < 1.29 is 1.37 Å². The van der Waals surface area contributed by atoms with Gasteiger partial charge in [0.1, 0.15) is 0 Å². The molecule has 0 aliphatic rings. The zero-order chi connectivity index (χ0) is 15.8. The Morgan fingerprint density at radius 3 is 2.20 bits per heavy atom. The Morgan fingerprint density at radius 1 is 1.10 bits per heavy atom. The lowest BCUT2D eigenvalue weighted by Gasteiger charge is -2.23. The van der Waals surface area contributed by atoms with Crippen molar-refractivity contribution in [2.24, 2.45) is 0 Å². The van der Waals surface area contributed by atoms with Gasteiger partial charge in [-0.25, -0.2) is 0 Å². The first kappa shape index (κ1) is 13.6. The molecule has 0 amide bonds. The van der Waals surface area contributed by atoms with Crippen molar-refractivity contribution in [3.63, 3.8) is 0 Å². The fourth-order valence-electron chi connectivity index (χ4n) is 2.35. The third-order valence-corrected chi connectivity index (χ3v) is 5.61. The van der Waals surface area contributed by atoms with E-state index < -0.39 is 14.0 Å². The number of pyridine rings is 1. The number of benzene rings is 1. The Hall–Kier alpha value is -1.41. The highest BCUT2D eigenvalue weighted by atomic mass is 28.3. The van der Waals surface area contributed by atoms with Crippen LogP contribution in [-0.4, -0.2) is 13.1 Å². The van der Waals surface area contributed by atoms with Crippen LogP contribution in [0.4, 0.5) is 0 Å². The second kappa shape index (κ2) is 5.53. The summed E-state index contributed by atoms with van der Waals surface area (Å²) in [4.78, 5) is 4.67. The van der Waals surface area contributed by atoms with Crippen LogP contribution >= 0.6 is 0 Å². The molecule has 106 valence electrons. The van der Waals surface area contributed by atoms with Gasteiger partial charge < -0.3 is 0 Å². The van der Waals surface area contributed by atoms with Crippen molar-refractivity contribution in [1.29, 1.82) is 0 Å². The third kappa shape index (κ3) is 3.18. The third-order valence-electron chi connectivity index (χ3n) is 3.60. The SMILES string of the molecule is [2H]C(C)(C)c1cc(-c2ccc(C)cc2)ncc1[Si](C)(C)C. The van der Waals surface area contributed by atoms with Gasteiger partial charge in [0.2, 0.25) is 0 Å². The van der Waals surface area contributed by atoms with E-state index in [1.165, 1.54) is 10.8 Å². The summed E-state index contributed by atoms with van der Waals surface area (Å²) in [6.07, 6.45) is 2.01. The summed E-state index contributed by atoms with van der Waals surface area (Å²) < 4.78 is 8.48. The number of hydrogen-bond donors (Lipinski definition) is 0. The normalized spacial score (nSPS) is 13.2. The van der Waals surface area contributed by atoms with E-state index in [1.54, 1.807) is 0 Å². The quantitative estimate of drug-likeness (QED) is 0.743. The van der Waals surface area contributed by atoms with Crippen LogP contribution in [-0.2, 0) is 0 Å². The van der Waals surface area contributed by atoms with Gasteiger partial charge in [-0.15, -0.1) is 0 Å². The molecule has 1 heterocycles. The van der Waals surface area contributed by atoms with Crippen LogP contribution < -0.4 is 5.19 Å². The van der Waals surface area contributed by atoms with Crippen molar-refractivity contribution in [2.75, 3.05) is 0 Å². The Morgan fingerprint density at radius 2 is 1.70 bits per heavy atom. The van der Waals surface area contributed by atoms with E-state index in [1.807, 2.05) is 20.0 Å². The van der Waals surface area contributed by atoms with E-state index >= 15 is 0 Å².